The van der Waals surface area contributed by atoms with Crippen LogP contribution >= 0.6 is 24.8 Å². The number of aromatic nitrogens is 2. The number of anilines is 1. The Bertz CT molecular complexity index is 490. The van der Waals surface area contributed by atoms with E-state index in [0.29, 0.717) is 0 Å². The SMILES string of the molecule is Cl.Cl.Cn1cc(N2CCCC(NC(=O)C3CCCNC3)C2)cn1. The zero-order valence-corrected chi connectivity index (χ0v) is 15.2. The number of piperidine rings is 2. The molecule has 2 fully saturated rings. The summed E-state index contributed by atoms with van der Waals surface area (Å²) in [5.74, 6) is 0.368. The van der Waals surface area contributed by atoms with Crippen molar-refractivity contribution in [1.29, 1.82) is 0 Å². The van der Waals surface area contributed by atoms with Crippen molar-refractivity contribution in [1.82, 2.24) is 20.4 Å². The second-order valence-corrected chi connectivity index (χ2v) is 6.21. The Hall–Kier alpha value is -0.980. The number of rotatable bonds is 3. The van der Waals surface area contributed by atoms with Crippen LogP contribution in [0.3, 0.4) is 0 Å². The highest BCUT2D eigenvalue weighted by Crippen LogP contribution is 2.19. The highest BCUT2D eigenvalue weighted by atomic mass is 35.5. The van der Waals surface area contributed by atoms with Crippen LogP contribution in [0.25, 0.3) is 0 Å². The molecule has 23 heavy (non-hydrogen) atoms. The Kier molecular flexibility index (Phi) is 8.16. The topological polar surface area (TPSA) is 62.2 Å². The number of hydrogen-bond acceptors (Lipinski definition) is 4. The molecule has 2 saturated heterocycles. The summed E-state index contributed by atoms with van der Waals surface area (Å²) in [5, 5.41) is 10.8. The first kappa shape index (κ1) is 20.1. The smallest absolute Gasteiger partial charge is 0.224 e. The van der Waals surface area contributed by atoms with Gasteiger partial charge in [-0.25, -0.2) is 0 Å². The normalized spacial score (nSPS) is 24.3. The molecule has 1 aromatic heterocycles. The molecule has 1 aromatic rings. The van der Waals surface area contributed by atoms with Gasteiger partial charge >= 0.3 is 0 Å². The van der Waals surface area contributed by atoms with Crippen LogP contribution in [0.15, 0.2) is 12.4 Å². The molecule has 0 saturated carbocycles. The van der Waals surface area contributed by atoms with Gasteiger partial charge in [0, 0.05) is 38.9 Å². The minimum Gasteiger partial charge on any atom is -0.367 e. The molecule has 0 spiro atoms. The molecule has 0 bridgehead atoms. The predicted molar refractivity (Wildman–Crippen MR) is 96.7 cm³/mol. The number of nitrogens with zero attached hydrogens (tertiary/aromatic N) is 3. The van der Waals surface area contributed by atoms with Crippen molar-refractivity contribution in [2.45, 2.75) is 31.7 Å². The fourth-order valence-corrected chi connectivity index (χ4v) is 3.30. The molecule has 2 atom stereocenters. The van der Waals surface area contributed by atoms with Gasteiger partial charge < -0.3 is 15.5 Å². The molecular weight excluding hydrogens is 337 g/mol. The lowest BCUT2D eigenvalue weighted by Gasteiger charge is -2.35. The number of hydrogen-bond donors (Lipinski definition) is 2. The summed E-state index contributed by atoms with van der Waals surface area (Å²) < 4.78 is 1.82. The summed E-state index contributed by atoms with van der Waals surface area (Å²) in [6, 6.07) is 0.258. The monoisotopic (exact) mass is 363 g/mol. The third-order valence-electron chi connectivity index (χ3n) is 4.49. The minimum atomic E-state index is 0. The first-order valence-corrected chi connectivity index (χ1v) is 7.97. The maximum absolute atomic E-state index is 12.3. The van der Waals surface area contributed by atoms with Gasteiger partial charge in [0.25, 0.3) is 0 Å². The Morgan fingerprint density at radius 2 is 2.17 bits per heavy atom. The Morgan fingerprint density at radius 1 is 1.35 bits per heavy atom. The summed E-state index contributed by atoms with van der Waals surface area (Å²) in [5.41, 5.74) is 1.15. The highest BCUT2D eigenvalue weighted by molar-refractivity contribution is 5.85. The number of carbonyl (C=O) groups is 1. The second kappa shape index (κ2) is 9.35. The zero-order chi connectivity index (χ0) is 14.7. The van der Waals surface area contributed by atoms with Gasteiger partial charge in [-0.15, -0.1) is 24.8 Å². The molecule has 1 amide bonds. The minimum absolute atomic E-state index is 0. The summed E-state index contributed by atoms with van der Waals surface area (Å²) in [6.07, 6.45) is 8.23. The lowest BCUT2D eigenvalue weighted by atomic mass is 9.97. The van der Waals surface area contributed by atoms with Crippen molar-refractivity contribution in [3.8, 4) is 0 Å². The molecule has 3 heterocycles. The lowest BCUT2D eigenvalue weighted by molar-refractivity contribution is -0.126. The molecule has 3 rings (SSSR count). The van der Waals surface area contributed by atoms with E-state index in [1.54, 1.807) is 0 Å². The van der Waals surface area contributed by atoms with Crippen molar-refractivity contribution in [3.63, 3.8) is 0 Å². The van der Waals surface area contributed by atoms with Gasteiger partial charge in [-0.05, 0) is 32.2 Å². The van der Waals surface area contributed by atoms with Crippen LogP contribution in [0, 0.1) is 5.92 Å². The van der Waals surface area contributed by atoms with Crippen molar-refractivity contribution in [2.24, 2.45) is 13.0 Å². The van der Waals surface area contributed by atoms with Crippen LogP contribution in [-0.2, 0) is 11.8 Å². The average Bonchev–Trinajstić information content (AvgIpc) is 2.95. The van der Waals surface area contributed by atoms with Crippen molar-refractivity contribution < 1.29 is 4.79 Å². The third-order valence-corrected chi connectivity index (χ3v) is 4.49. The third kappa shape index (κ3) is 5.26. The van der Waals surface area contributed by atoms with Crippen LogP contribution in [0.2, 0.25) is 0 Å². The summed E-state index contributed by atoms with van der Waals surface area (Å²) >= 11 is 0. The van der Waals surface area contributed by atoms with E-state index in [-0.39, 0.29) is 42.7 Å². The van der Waals surface area contributed by atoms with Gasteiger partial charge in [0.1, 0.15) is 0 Å². The van der Waals surface area contributed by atoms with E-state index in [2.05, 4.69) is 20.6 Å². The quantitative estimate of drug-likeness (QED) is 0.850. The van der Waals surface area contributed by atoms with Gasteiger partial charge in [0.05, 0.1) is 17.8 Å². The van der Waals surface area contributed by atoms with Crippen LogP contribution in [0.4, 0.5) is 5.69 Å². The van der Waals surface area contributed by atoms with Crippen LogP contribution < -0.4 is 15.5 Å². The van der Waals surface area contributed by atoms with E-state index in [1.807, 2.05) is 24.1 Å². The second-order valence-electron chi connectivity index (χ2n) is 6.21. The largest absolute Gasteiger partial charge is 0.367 e. The summed E-state index contributed by atoms with van der Waals surface area (Å²) in [6.45, 7) is 3.80. The van der Waals surface area contributed by atoms with Crippen LogP contribution in [0.5, 0.6) is 0 Å². The van der Waals surface area contributed by atoms with E-state index in [4.69, 9.17) is 0 Å². The molecule has 6 nitrogen and oxygen atoms in total. The zero-order valence-electron chi connectivity index (χ0n) is 13.5. The van der Waals surface area contributed by atoms with Gasteiger partial charge in [-0.3, -0.25) is 9.48 Å². The van der Waals surface area contributed by atoms with Crippen molar-refractivity contribution >= 4 is 36.4 Å². The number of carbonyl (C=O) groups excluding carboxylic acids is 1. The van der Waals surface area contributed by atoms with Crippen LogP contribution in [0.1, 0.15) is 25.7 Å². The van der Waals surface area contributed by atoms with Gasteiger partial charge in [0.2, 0.25) is 5.91 Å². The van der Waals surface area contributed by atoms with Gasteiger partial charge in [-0.2, -0.15) is 5.10 Å². The number of amides is 1. The van der Waals surface area contributed by atoms with E-state index < -0.39 is 0 Å². The molecular formula is C15H27Cl2N5O. The molecule has 0 aliphatic carbocycles. The molecule has 2 unspecified atom stereocenters. The number of nitrogens with one attached hydrogen (secondary N) is 2. The Balaban J connectivity index is 0.00000132. The standard InChI is InChI=1S/C15H25N5O.2ClH/c1-19-11-14(9-17-19)20-7-3-5-13(10-20)18-15(21)12-4-2-6-16-8-12;;/h9,11-13,16H,2-8,10H2,1H3,(H,18,21);2*1H. The predicted octanol–water partition coefficient (Wildman–Crippen LogP) is 1.35. The molecule has 8 heteroatoms. The van der Waals surface area contributed by atoms with E-state index in [9.17, 15) is 4.79 Å². The van der Waals surface area contributed by atoms with Gasteiger partial charge in [0.15, 0.2) is 0 Å². The molecule has 0 aromatic carbocycles. The molecule has 2 aliphatic rings. The molecule has 2 N–H and O–H groups in total. The lowest BCUT2D eigenvalue weighted by Crippen LogP contribution is -2.51. The highest BCUT2D eigenvalue weighted by Gasteiger charge is 2.26. The average molecular weight is 364 g/mol. The first-order valence-electron chi connectivity index (χ1n) is 7.97. The van der Waals surface area contributed by atoms with Crippen molar-refractivity contribution in [3.05, 3.63) is 12.4 Å². The molecule has 132 valence electrons. The molecule has 2 aliphatic heterocycles. The fraction of sp³-hybridized carbons (Fsp3) is 0.733. The van der Waals surface area contributed by atoms with E-state index >= 15 is 0 Å². The van der Waals surface area contributed by atoms with Gasteiger partial charge in [-0.1, -0.05) is 0 Å². The van der Waals surface area contributed by atoms with E-state index in [1.165, 1.54) is 0 Å². The maximum Gasteiger partial charge on any atom is 0.224 e. The van der Waals surface area contributed by atoms with Crippen LogP contribution in [-0.4, -0.2) is 47.9 Å². The summed E-state index contributed by atoms with van der Waals surface area (Å²) in [7, 11) is 1.93. The summed E-state index contributed by atoms with van der Waals surface area (Å²) in [4.78, 5) is 14.6. The maximum atomic E-state index is 12.3. The number of aryl methyl sites for hydroxylation is 1. The fourth-order valence-electron chi connectivity index (χ4n) is 3.30. The first-order chi connectivity index (χ1) is 10.2. The number of halogens is 2. The van der Waals surface area contributed by atoms with Crippen molar-refractivity contribution in [2.75, 3.05) is 31.1 Å². The Morgan fingerprint density at radius 3 is 2.83 bits per heavy atom. The molecule has 0 radical (unpaired) electrons. The van der Waals surface area contributed by atoms with E-state index in [0.717, 1.165) is 57.5 Å². The Labute approximate surface area is 150 Å².